The highest BCUT2D eigenvalue weighted by molar-refractivity contribution is 7.98. The summed E-state index contributed by atoms with van der Waals surface area (Å²) in [6.45, 7) is 2.13. The first-order valence-electron chi connectivity index (χ1n) is 6.02. The summed E-state index contributed by atoms with van der Waals surface area (Å²) in [5, 5.41) is 4.05. The van der Waals surface area contributed by atoms with Crippen LogP contribution in [0.5, 0.6) is 0 Å². The van der Waals surface area contributed by atoms with Crippen molar-refractivity contribution in [2.45, 2.75) is 30.5 Å². The van der Waals surface area contributed by atoms with Gasteiger partial charge in [-0.25, -0.2) is 9.97 Å². The summed E-state index contributed by atoms with van der Waals surface area (Å²) in [5.41, 5.74) is 0. The molecule has 0 saturated heterocycles. The molecule has 0 amide bonds. The van der Waals surface area contributed by atoms with Crippen LogP contribution in [0.3, 0.4) is 0 Å². The molecule has 4 nitrogen and oxygen atoms in total. The van der Waals surface area contributed by atoms with Crippen molar-refractivity contribution in [2.75, 3.05) is 12.4 Å². The lowest BCUT2D eigenvalue weighted by molar-refractivity contribution is 0.530. The van der Waals surface area contributed by atoms with Crippen molar-refractivity contribution >= 4 is 17.6 Å². The Kier molecular flexibility index (Phi) is 4.64. The van der Waals surface area contributed by atoms with E-state index in [1.54, 1.807) is 18.0 Å². The minimum absolute atomic E-state index is 0.790. The van der Waals surface area contributed by atoms with Gasteiger partial charge in [-0.15, -0.1) is 0 Å². The highest BCUT2D eigenvalue weighted by Gasteiger charge is 2.05. The SMILES string of the molecule is CCCc1nc(NC)cc(SCc2ccco2)n1. The molecule has 0 aliphatic carbocycles. The number of aromatic nitrogens is 2. The van der Waals surface area contributed by atoms with Crippen LogP contribution < -0.4 is 5.32 Å². The largest absolute Gasteiger partial charge is 0.468 e. The van der Waals surface area contributed by atoms with Gasteiger partial charge in [0.25, 0.3) is 0 Å². The molecule has 2 heterocycles. The van der Waals surface area contributed by atoms with E-state index in [0.29, 0.717) is 0 Å². The number of nitrogens with zero attached hydrogens (tertiary/aromatic N) is 2. The number of aryl methyl sites for hydroxylation is 1. The van der Waals surface area contributed by atoms with Gasteiger partial charge < -0.3 is 9.73 Å². The van der Waals surface area contributed by atoms with Crippen LogP contribution in [-0.4, -0.2) is 17.0 Å². The summed E-state index contributed by atoms with van der Waals surface area (Å²) >= 11 is 1.66. The number of rotatable bonds is 6. The second kappa shape index (κ2) is 6.44. The van der Waals surface area contributed by atoms with Crippen LogP contribution in [0.15, 0.2) is 33.9 Å². The van der Waals surface area contributed by atoms with Crippen molar-refractivity contribution in [3.8, 4) is 0 Å². The maximum atomic E-state index is 5.31. The molecule has 0 aromatic carbocycles. The number of furan rings is 1. The smallest absolute Gasteiger partial charge is 0.132 e. The van der Waals surface area contributed by atoms with Gasteiger partial charge in [0.05, 0.1) is 12.0 Å². The van der Waals surface area contributed by atoms with Gasteiger partial charge in [-0.3, -0.25) is 0 Å². The molecule has 1 N–H and O–H groups in total. The van der Waals surface area contributed by atoms with Crippen molar-refractivity contribution in [2.24, 2.45) is 0 Å². The summed E-state index contributed by atoms with van der Waals surface area (Å²) in [5.74, 6) is 3.52. The zero-order chi connectivity index (χ0) is 12.8. The fraction of sp³-hybridized carbons (Fsp3) is 0.385. The van der Waals surface area contributed by atoms with Gasteiger partial charge in [0.2, 0.25) is 0 Å². The molecular formula is C13H17N3OS. The minimum Gasteiger partial charge on any atom is -0.468 e. The van der Waals surface area contributed by atoms with Gasteiger partial charge in [0, 0.05) is 19.5 Å². The summed E-state index contributed by atoms with van der Waals surface area (Å²) in [6.07, 6.45) is 3.65. The molecule has 2 aromatic heterocycles. The van der Waals surface area contributed by atoms with Crippen LogP contribution in [-0.2, 0) is 12.2 Å². The highest BCUT2D eigenvalue weighted by atomic mass is 32.2. The lowest BCUT2D eigenvalue weighted by atomic mass is 10.3. The Bertz CT molecular complexity index is 485. The lowest BCUT2D eigenvalue weighted by Gasteiger charge is -2.06. The summed E-state index contributed by atoms with van der Waals surface area (Å²) in [6, 6.07) is 5.84. The predicted octanol–water partition coefficient (Wildman–Crippen LogP) is 3.36. The Morgan fingerprint density at radius 3 is 2.94 bits per heavy atom. The Labute approximate surface area is 111 Å². The summed E-state index contributed by atoms with van der Waals surface area (Å²) in [7, 11) is 1.87. The number of nitrogens with one attached hydrogen (secondary N) is 1. The molecule has 5 heteroatoms. The average molecular weight is 263 g/mol. The maximum absolute atomic E-state index is 5.31. The van der Waals surface area contributed by atoms with Crippen molar-refractivity contribution in [1.29, 1.82) is 0 Å². The second-order valence-electron chi connectivity index (χ2n) is 3.88. The molecule has 0 aliphatic rings. The van der Waals surface area contributed by atoms with Gasteiger partial charge in [-0.2, -0.15) is 0 Å². The highest BCUT2D eigenvalue weighted by Crippen LogP contribution is 2.23. The summed E-state index contributed by atoms with van der Waals surface area (Å²) in [4.78, 5) is 8.97. The monoisotopic (exact) mass is 263 g/mol. The van der Waals surface area contributed by atoms with E-state index in [-0.39, 0.29) is 0 Å². The first kappa shape index (κ1) is 13.0. The molecule has 0 radical (unpaired) electrons. The number of hydrogen-bond donors (Lipinski definition) is 1. The van der Waals surface area contributed by atoms with E-state index in [2.05, 4.69) is 22.2 Å². The van der Waals surface area contributed by atoms with Crippen LogP contribution in [0, 0.1) is 0 Å². The Balaban J connectivity index is 2.08. The summed E-state index contributed by atoms with van der Waals surface area (Å²) < 4.78 is 5.31. The van der Waals surface area contributed by atoms with Crippen molar-refractivity contribution in [3.63, 3.8) is 0 Å². The van der Waals surface area contributed by atoms with Crippen molar-refractivity contribution in [3.05, 3.63) is 36.0 Å². The molecular weight excluding hydrogens is 246 g/mol. The zero-order valence-corrected chi connectivity index (χ0v) is 11.5. The topological polar surface area (TPSA) is 51.0 Å². The normalized spacial score (nSPS) is 10.6. The fourth-order valence-corrected chi connectivity index (χ4v) is 2.37. The quantitative estimate of drug-likeness (QED) is 0.639. The molecule has 0 aliphatic heterocycles. The van der Waals surface area contributed by atoms with E-state index in [4.69, 9.17) is 4.42 Å². The van der Waals surface area contributed by atoms with Gasteiger partial charge in [0.1, 0.15) is 22.4 Å². The average Bonchev–Trinajstić information content (AvgIpc) is 2.89. The van der Waals surface area contributed by atoms with E-state index in [1.807, 2.05) is 25.2 Å². The number of hydrogen-bond acceptors (Lipinski definition) is 5. The molecule has 96 valence electrons. The van der Waals surface area contributed by atoms with Crippen LogP contribution >= 0.6 is 11.8 Å². The van der Waals surface area contributed by atoms with E-state index >= 15 is 0 Å². The third-order valence-corrected chi connectivity index (χ3v) is 3.35. The number of thioether (sulfide) groups is 1. The predicted molar refractivity (Wildman–Crippen MR) is 73.8 cm³/mol. The third-order valence-electron chi connectivity index (χ3n) is 2.42. The lowest BCUT2D eigenvalue weighted by Crippen LogP contribution is -2.01. The van der Waals surface area contributed by atoms with Crippen molar-refractivity contribution < 1.29 is 4.42 Å². The fourth-order valence-electron chi connectivity index (χ4n) is 1.55. The van der Waals surface area contributed by atoms with E-state index in [9.17, 15) is 0 Å². The van der Waals surface area contributed by atoms with Crippen LogP contribution in [0.2, 0.25) is 0 Å². The van der Waals surface area contributed by atoms with Crippen LogP contribution in [0.25, 0.3) is 0 Å². The first-order valence-corrected chi connectivity index (χ1v) is 7.01. The van der Waals surface area contributed by atoms with Gasteiger partial charge in [-0.1, -0.05) is 18.7 Å². The molecule has 0 spiro atoms. The molecule has 0 fully saturated rings. The first-order chi connectivity index (χ1) is 8.81. The zero-order valence-electron chi connectivity index (χ0n) is 10.6. The van der Waals surface area contributed by atoms with Crippen LogP contribution in [0.4, 0.5) is 5.82 Å². The molecule has 0 atom stereocenters. The molecule has 0 bridgehead atoms. The standard InChI is InChI=1S/C13H17N3OS/c1-3-5-11-15-12(14-2)8-13(16-11)18-9-10-6-4-7-17-10/h4,6-8H,3,5,9H2,1-2H3,(H,14,15,16). The molecule has 0 unspecified atom stereocenters. The van der Waals surface area contributed by atoms with Gasteiger partial charge >= 0.3 is 0 Å². The molecule has 2 rings (SSSR count). The Morgan fingerprint density at radius 1 is 1.39 bits per heavy atom. The van der Waals surface area contributed by atoms with Crippen LogP contribution in [0.1, 0.15) is 24.9 Å². The third kappa shape index (κ3) is 3.50. The van der Waals surface area contributed by atoms with E-state index in [1.165, 1.54) is 0 Å². The van der Waals surface area contributed by atoms with Crippen molar-refractivity contribution in [1.82, 2.24) is 9.97 Å². The maximum Gasteiger partial charge on any atom is 0.132 e. The Hall–Kier alpha value is -1.49. The second-order valence-corrected chi connectivity index (χ2v) is 4.87. The molecule has 0 saturated carbocycles. The van der Waals surface area contributed by atoms with E-state index in [0.717, 1.165) is 41.0 Å². The Morgan fingerprint density at radius 2 is 2.28 bits per heavy atom. The molecule has 2 aromatic rings. The minimum atomic E-state index is 0.790. The van der Waals surface area contributed by atoms with Gasteiger partial charge in [0.15, 0.2) is 0 Å². The van der Waals surface area contributed by atoms with Gasteiger partial charge in [-0.05, 0) is 18.6 Å². The van der Waals surface area contributed by atoms with E-state index < -0.39 is 0 Å². The number of anilines is 1. The molecule has 18 heavy (non-hydrogen) atoms.